The molecule has 0 saturated carbocycles. The van der Waals surface area contributed by atoms with E-state index in [1.165, 1.54) is 21.1 Å². The molecule has 0 aliphatic carbocycles. The van der Waals surface area contributed by atoms with Gasteiger partial charge in [-0.1, -0.05) is 23.5 Å². The molecule has 92 valence electrons. The zero-order chi connectivity index (χ0) is 12.2. The summed E-state index contributed by atoms with van der Waals surface area (Å²) in [6, 6.07) is 8.79. The van der Waals surface area contributed by atoms with Crippen molar-refractivity contribution in [1.82, 2.24) is 10.2 Å². The van der Waals surface area contributed by atoms with Gasteiger partial charge in [-0.3, -0.25) is 0 Å². The molecule has 0 aromatic carbocycles. The molecule has 0 bridgehead atoms. The summed E-state index contributed by atoms with van der Waals surface area (Å²) in [7, 11) is 0. The van der Waals surface area contributed by atoms with Gasteiger partial charge in [-0.2, -0.15) is 0 Å². The molecule has 1 unspecified atom stereocenters. The van der Waals surface area contributed by atoms with Gasteiger partial charge < -0.3 is 5.32 Å². The molecule has 0 saturated heterocycles. The van der Waals surface area contributed by atoms with E-state index in [1.807, 2.05) is 0 Å². The Morgan fingerprint density at radius 1 is 1.11 bits per heavy atom. The first-order valence-electron chi connectivity index (χ1n) is 5.50. The molecule has 3 nitrogen and oxygen atoms in total. The maximum Gasteiger partial charge on any atom is 0.205 e. The minimum Gasteiger partial charge on any atom is -0.352 e. The van der Waals surface area contributed by atoms with Crippen LogP contribution in [0.4, 0.5) is 5.13 Å². The fourth-order valence-corrected chi connectivity index (χ4v) is 3.76. The average Bonchev–Trinajstić information content (AvgIpc) is 3.13. The minimum atomic E-state index is 0.275. The number of rotatable bonds is 5. The van der Waals surface area contributed by atoms with E-state index >= 15 is 0 Å². The van der Waals surface area contributed by atoms with Crippen molar-refractivity contribution in [2.45, 2.75) is 12.5 Å². The third-order valence-corrected chi connectivity index (χ3v) is 5.04. The SMILES string of the molecule is c1csc(CC(Nc2nncs2)c2cccs2)c1. The number of aromatic nitrogens is 2. The Morgan fingerprint density at radius 3 is 2.67 bits per heavy atom. The third kappa shape index (κ3) is 2.77. The van der Waals surface area contributed by atoms with Crippen molar-refractivity contribution in [3.05, 3.63) is 50.3 Å². The molecule has 3 heterocycles. The monoisotopic (exact) mass is 293 g/mol. The molecular formula is C12H11N3S3. The first-order valence-corrected chi connectivity index (χ1v) is 8.14. The number of anilines is 1. The number of hydrogen-bond donors (Lipinski definition) is 1. The average molecular weight is 293 g/mol. The second kappa shape index (κ2) is 5.60. The van der Waals surface area contributed by atoms with Gasteiger partial charge in [0.15, 0.2) is 0 Å². The lowest BCUT2D eigenvalue weighted by Gasteiger charge is -2.15. The molecule has 6 heteroatoms. The van der Waals surface area contributed by atoms with Crippen molar-refractivity contribution in [3.63, 3.8) is 0 Å². The minimum absolute atomic E-state index is 0.275. The van der Waals surface area contributed by atoms with Crippen molar-refractivity contribution in [3.8, 4) is 0 Å². The van der Waals surface area contributed by atoms with E-state index in [9.17, 15) is 0 Å². The van der Waals surface area contributed by atoms with Crippen molar-refractivity contribution in [2.75, 3.05) is 5.32 Å². The molecule has 0 aliphatic rings. The van der Waals surface area contributed by atoms with Crippen molar-refractivity contribution in [1.29, 1.82) is 0 Å². The van der Waals surface area contributed by atoms with Gasteiger partial charge in [0.05, 0.1) is 6.04 Å². The van der Waals surface area contributed by atoms with Crippen LogP contribution in [0.25, 0.3) is 0 Å². The Balaban J connectivity index is 1.80. The van der Waals surface area contributed by atoms with E-state index in [0.29, 0.717) is 0 Å². The Labute approximate surface area is 117 Å². The van der Waals surface area contributed by atoms with Gasteiger partial charge in [-0.15, -0.1) is 32.9 Å². The predicted octanol–water partition coefficient (Wildman–Crippen LogP) is 4.06. The molecule has 0 fully saturated rings. The maximum atomic E-state index is 4.06. The zero-order valence-corrected chi connectivity index (χ0v) is 11.9. The largest absolute Gasteiger partial charge is 0.352 e. The van der Waals surface area contributed by atoms with Crippen molar-refractivity contribution in [2.24, 2.45) is 0 Å². The molecule has 0 amide bonds. The fraction of sp³-hybridized carbons (Fsp3) is 0.167. The van der Waals surface area contributed by atoms with Crippen LogP contribution in [0.5, 0.6) is 0 Å². The first-order chi connectivity index (χ1) is 8.92. The van der Waals surface area contributed by atoms with Gasteiger partial charge in [0.2, 0.25) is 5.13 Å². The maximum absolute atomic E-state index is 4.06. The highest BCUT2D eigenvalue weighted by Gasteiger charge is 2.15. The van der Waals surface area contributed by atoms with Crippen LogP contribution in [0.15, 0.2) is 40.5 Å². The molecule has 3 aromatic heterocycles. The third-order valence-electron chi connectivity index (χ3n) is 2.53. The Hall–Kier alpha value is -1.24. The van der Waals surface area contributed by atoms with Crippen molar-refractivity contribution >= 4 is 39.1 Å². The van der Waals surface area contributed by atoms with Crippen LogP contribution in [-0.4, -0.2) is 10.2 Å². The molecule has 18 heavy (non-hydrogen) atoms. The van der Waals surface area contributed by atoms with Gasteiger partial charge >= 0.3 is 0 Å². The highest BCUT2D eigenvalue weighted by Crippen LogP contribution is 2.28. The lowest BCUT2D eigenvalue weighted by atomic mass is 10.1. The lowest BCUT2D eigenvalue weighted by Crippen LogP contribution is -2.11. The normalized spacial score (nSPS) is 12.4. The summed E-state index contributed by atoms with van der Waals surface area (Å²) in [6.07, 6.45) is 0.984. The summed E-state index contributed by atoms with van der Waals surface area (Å²) in [5.74, 6) is 0. The van der Waals surface area contributed by atoms with E-state index < -0.39 is 0 Å². The van der Waals surface area contributed by atoms with Crippen molar-refractivity contribution < 1.29 is 0 Å². The Morgan fingerprint density at radius 2 is 2.00 bits per heavy atom. The van der Waals surface area contributed by atoms with Crippen LogP contribution in [0.1, 0.15) is 15.8 Å². The van der Waals surface area contributed by atoms with E-state index in [-0.39, 0.29) is 6.04 Å². The molecule has 1 N–H and O–H groups in total. The first kappa shape index (κ1) is 11.8. The van der Waals surface area contributed by atoms with E-state index in [2.05, 4.69) is 50.5 Å². The van der Waals surface area contributed by atoms with E-state index in [4.69, 9.17) is 0 Å². The summed E-state index contributed by atoms with van der Waals surface area (Å²) in [5, 5.41) is 16.5. The highest BCUT2D eigenvalue weighted by molar-refractivity contribution is 7.13. The van der Waals surface area contributed by atoms with Crippen LogP contribution in [-0.2, 0) is 6.42 Å². The number of hydrogen-bond acceptors (Lipinski definition) is 6. The summed E-state index contributed by atoms with van der Waals surface area (Å²) < 4.78 is 0. The molecule has 0 aliphatic heterocycles. The van der Waals surface area contributed by atoms with Gasteiger partial charge in [0.1, 0.15) is 5.51 Å². The predicted molar refractivity (Wildman–Crippen MR) is 78.6 cm³/mol. The molecule has 0 radical (unpaired) electrons. The van der Waals surface area contributed by atoms with Gasteiger partial charge in [0.25, 0.3) is 0 Å². The molecule has 3 aromatic rings. The number of nitrogens with zero attached hydrogens (tertiary/aromatic N) is 2. The van der Waals surface area contributed by atoms with Gasteiger partial charge in [-0.25, -0.2) is 0 Å². The number of thiophene rings is 2. The smallest absolute Gasteiger partial charge is 0.205 e. The van der Waals surface area contributed by atoms with Crippen LogP contribution in [0.3, 0.4) is 0 Å². The Kier molecular flexibility index (Phi) is 3.68. The summed E-state index contributed by atoms with van der Waals surface area (Å²) in [4.78, 5) is 2.71. The standard InChI is InChI=1S/C12H11N3S3/c1-3-9(16-5-1)7-10(11-4-2-6-17-11)14-12-15-13-8-18-12/h1-6,8,10H,7H2,(H,14,15). The fourth-order valence-electron chi connectivity index (χ4n) is 1.73. The van der Waals surface area contributed by atoms with E-state index in [1.54, 1.807) is 28.2 Å². The van der Waals surface area contributed by atoms with Crippen LogP contribution in [0.2, 0.25) is 0 Å². The van der Waals surface area contributed by atoms with Gasteiger partial charge in [-0.05, 0) is 22.9 Å². The molecule has 0 spiro atoms. The van der Waals surface area contributed by atoms with Crippen LogP contribution < -0.4 is 5.32 Å². The van der Waals surface area contributed by atoms with Gasteiger partial charge in [0, 0.05) is 16.2 Å². The Bertz CT molecular complexity index is 522. The molecule has 3 rings (SSSR count). The topological polar surface area (TPSA) is 37.8 Å². The molecule has 1 atom stereocenters. The van der Waals surface area contributed by atoms with E-state index in [0.717, 1.165) is 11.6 Å². The number of nitrogens with one attached hydrogen (secondary N) is 1. The summed E-state index contributed by atoms with van der Waals surface area (Å²) >= 11 is 5.10. The zero-order valence-electron chi connectivity index (χ0n) is 9.45. The van der Waals surface area contributed by atoms with Crippen LogP contribution >= 0.6 is 34.0 Å². The lowest BCUT2D eigenvalue weighted by molar-refractivity contribution is 0.796. The second-order valence-electron chi connectivity index (χ2n) is 3.74. The quantitative estimate of drug-likeness (QED) is 0.771. The highest BCUT2D eigenvalue weighted by atomic mass is 32.1. The second-order valence-corrected chi connectivity index (χ2v) is 6.58. The summed E-state index contributed by atoms with van der Waals surface area (Å²) in [5.41, 5.74) is 1.75. The summed E-state index contributed by atoms with van der Waals surface area (Å²) in [6.45, 7) is 0. The molecular weight excluding hydrogens is 282 g/mol. The van der Waals surface area contributed by atoms with Crippen LogP contribution in [0, 0.1) is 0 Å².